The largest absolute Gasteiger partial charge is 0.418 e. The van der Waals surface area contributed by atoms with Gasteiger partial charge in [-0.05, 0) is 24.6 Å². The monoisotopic (exact) mass is 351 g/mol. The van der Waals surface area contributed by atoms with Crippen LogP contribution in [0.5, 0.6) is 0 Å². The van der Waals surface area contributed by atoms with E-state index in [1.54, 1.807) is 0 Å². The molecule has 0 radical (unpaired) electrons. The molecule has 0 amide bonds. The Bertz CT molecular complexity index is 405. The molecule has 5 heteroatoms. The van der Waals surface area contributed by atoms with Crippen LogP contribution in [-0.4, -0.2) is 6.54 Å². The summed E-state index contributed by atoms with van der Waals surface area (Å²) in [6, 6.07) is 4.01. The lowest BCUT2D eigenvalue weighted by molar-refractivity contribution is -0.137. The van der Waals surface area contributed by atoms with Crippen molar-refractivity contribution >= 4 is 21.6 Å². The molecule has 1 rings (SSSR count). The molecule has 0 heterocycles. The van der Waals surface area contributed by atoms with E-state index in [2.05, 4.69) is 28.2 Å². The fourth-order valence-electron chi connectivity index (χ4n) is 2.04. The zero-order valence-electron chi connectivity index (χ0n) is 11.7. The molecule has 0 spiro atoms. The molecule has 20 heavy (non-hydrogen) atoms. The second-order valence-corrected chi connectivity index (χ2v) is 5.80. The van der Waals surface area contributed by atoms with Crippen molar-refractivity contribution < 1.29 is 13.2 Å². The van der Waals surface area contributed by atoms with Gasteiger partial charge in [0.1, 0.15) is 0 Å². The molecule has 0 aromatic heterocycles. The molecule has 0 aliphatic heterocycles. The van der Waals surface area contributed by atoms with Crippen molar-refractivity contribution in [3.05, 3.63) is 28.2 Å². The fourth-order valence-corrected chi connectivity index (χ4v) is 2.40. The summed E-state index contributed by atoms with van der Waals surface area (Å²) in [6.07, 6.45) is 2.43. The van der Waals surface area contributed by atoms with Gasteiger partial charge in [-0.3, -0.25) is 0 Å². The van der Waals surface area contributed by atoms with Gasteiger partial charge >= 0.3 is 6.18 Å². The van der Waals surface area contributed by atoms with Gasteiger partial charge in [-0.15, -0.1) is 0 Å². The number of hydrogen-bond donors (Lipinski definition) is 1. The van der Waals surface area contributed by atoms with E-state index in [9.17, 15) is 13.2 Å². The summed E-state index contributed by atoms with van der Waals surface area (Å²) in [5.74, 6) is 0. The molecule has 0 atom stereocenters. The van der Waals surface area contributed by atoms with E-state index in [0.717, 1.165) is 25.3 Å². The van der Waals surface area contributed by atoms with Crippen molar-refractivity contribution in [3.63, 3.8) is 0 Å². The normalized spacial score (nSPS) is 11.7. The predicted molar refractivity (Wildman–Crippen MR) is 81.0 cm³/mol. The molecule has 0 unspecified atom stereocenters. The summed E-state index contributed by atoms with van der Waals surface area (Å²) in [4.78, 5) is 0. The van der Waals surface area contributed by atoms with Gasteiger partial charge in [0.05, 0.1) is 5.56 Å². The minimum absolute atomic E-state index is 0.153. The Labute approximate surface area is 127 Å². The second kappa shape index (κ2) is 8.55. The summed E-state index contributed by atoms with van der Waals surface area (Å²) >= 11 is 3.21. The number of alkyl halides is 3. The van der Waals surface area contributed by atoms with Gasteiger partial charge in [0, 0.05) is 16.7 Å². The quantitative estimate of drug-likeness (QED) is 0.546. The Morgan fingerprint density at radius 3 is 2.35 bits per heavy atom. The van der Waals surface area contributed by atoms with Crippen LogP contribution in [0.15, 0.2) is 22.7 Å². The third-order valence-electron chi connectivity index (χ3n) is 3.13. The molecule has 114 valence electrons. The third kappa shape index (κ3) is 6.16. The highest BCUT2D eigenvalue weighted by Crippen LogP contribution is 2.36. The van der Waals surface area contributed by atoms with Gasteiger partial charge in [0.25, 0.3) is 0 Å². The summed E-state index contributed by atoms with van der Waals surface area (Å²) in [5, 5.41) is 2.90. The van der Waals surface area contributed by atoms with Crippen molar-refractivity contribution in [1.82, 2.24) is 0 Å². The van der Waals surface area contributed by atoms with E-state index in [1.807, 2.05) is 0 Å². The molecule has 1 N–H and O–H groups in total. The second-order valence-electron chi connectivity index (χ2n) is 4.88. The molecule has 0 saturated heterocycles. The fraction of sp³-hybridized carbons (Fsp3) is 0.600. The van der Waals surface area contributed by atoms with E-state index in [-0.39, 0.29) is 5.69 Å². The van der Waals surface area contributed by atoms with Gasteiger partial charge in [0.2, 0.25) is 0 Å². The minimum Gasteiger partial charge on any atom is -0.385 e. The SMILES string of the molecule is CCCCCCCCNc1cc(Br)ccc1C(F)(F)F. The van der Waals surface area contributed by atoms with Crippen LogP contribution in [0.4, 0.5) is 18.9 Å². The molecule has 0 fully saturated rings. The van der Waals surface area contributed by atoms with Gasteiger partial charge in [-0.2, -0.15) is 13.2 Å². The molecule has 1 aromatic rings. The lowest BCUT2D eigenvalue weighted by atomic mass is 10.1. The van der Waals surface area contributed by atoms with Crippen LogP contribution >= 0.6 is 15.9 Å². The van der Waals surface area contributed by atoms with Crippen molar-refractivity contribution in [1.29, 1.82) is 0 Å². The number of halogens is 4. The van der Waals surface area contributed by atoms with Crippen LogP contribution in [0.1, 0.15) is 51.0 Å². The summed E-state index contributed by atoms with van der Waals surface area (Å²) in [6.45, 7) is 2.74. The van der Waals surface area contributed by atoms with Crippen LogP contribution in [0.25, 0.3) is 0 Å². The van der Waals surface area contributed by atoms with E-state index < -0.39 is 11.7 Å². The molecule has 1 nitrogen and oxygen atoms in total. The highest BCUT2D eigenvalue weighted by atomic mass is 79.9. The van der Waals surface area contributed by atoms with Crippen molar-refractivity contribution in [2.45, 2.75) is 51.6 Å². The maximum atomic E-state index is 12.8. The van der Waals surface area contributed by atoms with Crippen LogP contribution in [0, 0.1) is 0 Å². The Morgan fingerprint density at radius 1 is 1.05 bits per heavy atom. The maximum absolute atomic E-state index is 12.8. The number of unbranched alkanes of at least 4 members (excludes halogenated alkanes) is 5. The van der Waals surface area contributed by atoms with Crippen molar-refractivity contribution in [3.8, 4) is 0 Å². The van der Waals surface area contributed by atoms with Crippen molar-refractivity contribution in [2.75, 3.05) is 11.9 Å². The van der Waals surface area contributed by atoms with Crippen LogP contribution in [0.3, 0.4) is 0 Å². The van der Waals surface area contributed by atoms with E-state index >= 15 is 0 Å². The lowest BCUT2D eigenvalue weighted by Crippen LogP contribution is -2.11. The number of nitrogens with one attached hydrogen (secondary N) is 1. The smallest absolute Gasteiger partial charge is 0.385 e. The Morgan fingerprint density at radius 2 is 1.70 bits per heavy atom. The van der Waals surface area contributed by atoms with Crippen LogP contribution in [-0.2, 0) is 6.18 Å². The van der Waals surface area contributed by atoms with Crippen molar-refractivity contribution in [2.24, 2.45) is 0 Å². The summed E-state index contributed by atoms with van der Waals surface area (Å²) in [5.41, 5.74) is -0.452. The standard InChI is InChI=1S/C15H21BrF3N/c1-2-3-4-5-6-7-10-20-14-11-12(16)8-9-13(14)15(17,18)19/h8-9,11,20H,2-7,10H2,1H3. The molecule has 0 bridgehead atoms. The highest BCUT2D eigenvalue weighted by Gasteiger charge is 2.33. The number of benzene rings is 1. The molecule has 0 aliphatic rings. The third-order valence-corrected chi connectivity index (χ3v) is 3.63. The highest BCUT2D eigenvalue weighted by molar-refractivity contribution is 9.10. The Hall–Kier alpha value is -0.710. The number of hydrogen-bond acceptors (Lipinski definition) is 1. The first-order valence-electron chi connectivity index (χ1n) is 7.05. The maximum Gasteiger partial charge on any atom is 0.418 e. The number of rotatable bonds is 8. The summed E-state index contributed by atoms with van der Waals surface area (Å²) in [7, 11) is 0. The Balaban J connectivity index is 2.45. The molecular weight excluding hydrogens is 331 g/mol. The molecule has 0 saturated carbocycles. The average molecular weight is 352 g/mol. The van der Waals surface area contributed by atoms with Gasteiger partial charge < -0.3 is 5.32 Å². The summed E-state index contributed by atoms with van der Waals surface area (Å²) < 4.78 is 39.2. The first kappa shape index (κ1) is 17.3. The van der Waals surface area contributed by atoms with E-state index in [4.69, 9.17) is 0 Å². The molecule has 0 aliphatic carbocycles. The van der Waals surface area contributed by atoms with Crippen LogP contribution in [0.2, 0.25) is 0 Å². The van der Waals surface area contributed by atoms with Gasteiger partial charge in [0.15, 0.2) is 0 Å². The zero-order chi connectivity index (χ0) is 15.0. The number of anilines is 1. The average Bonchev–Trinajstić information content (AvgIpc) is 2.36. The van der Waals surface area contributed by atoms with E-state index in [1.165, 1.54) is 31.4 Å². The first-order valence-corrected chi connectivity index (χ1v) is 7.85. The lowest BCUT2D eigenvalue weighted by Gasteiger charge is -2.15. The molecule has 1 aromatic carbocycles. The Kier molecular flexibility index (Phi) is 7.41. The van der Waals surface area contributed by atoms with Crippen LogP contribution < -0.4 is 5.32 Å². The van der Waals surface area contributed by atoms with Gasteiger partial charge in [-0.25, -0.2) is 0 Å². The molecular formula is C15H21BrF3N. The zero-order valence-corrected chi connectivity index (χ0v) is 13.3. The minimum atomic E-state index is -4.32. The topological polar surface area (TPSA) is 12.0 Å². The first-order chi connectivity index (χ1) is 9.45. The van der Waals surface area contributed by atoms with Gasteiger partial charge in [-0.1, -0.05) is 55.0 Å². The predicted octanol–water partition coefficient (Wildman–Crippen LogP) is 6.24. The van der Waals surface area contributed by atoms with E-state index in [0.29, 0.717) is 11.0 Å².